The van der Waals surface area contributed by atoms with Gasteiger partial charge in [0.05, 0.1) is 0 Å². The topological polar surface area (TPSA) is 49.4 Å². The number of piperidine rings is 1. The number of nitrogens with zero attached hydrogens (tertiary/aromatic N) is 1. The van der Waals surface area contributed by atoms with E-state index < -0.39 is 0 Å². The maximum Gasteiger partial charge on any atom is 0.253 e. The Labute approximate surface area is 136 Å². The highest BCUT2D eigenvalue weighted by Crippen LogP contribution is 2.17. The van der Waals surface area contributed by atoms with E-state index in [1.807, 2.05) is 18.7 Å². The molecular formula is C17H23ClN2O2. The molecule has 4 nitrogen and oxygen atoms in total. The van der Waals surface area contributed by atoms with Gasteiger partial charge in [-0.1, -0.05) is 31.5 Å². The fraction of sp³-hybridized carbons (Fsp3) is 0.529. The van der Waals surface area contributed by atoms with E-state index in [0.717, 1.165) is 12.8 Å². The first kappa shape index (κ1) is 16.8. The smallest absolute Gasteiger partial charge is 0.253 e. The van der Waals surface area contributed by atoms with Crippen molar-refractivity contribution in [1.82, 2.24) is 10.2 Å². The molecule has 0 radical (unpaired) electrons. The molecule has 1 heterocycles. The molecule has 22 heavy (non-hydrogen) atoms. The molecule has 0 saturated carbocycles. The predicted octanol–water partition coefficient (Wildman–Crippen LogP) is 3.11. The SMILES string of the molecule is CC(C)CC(=O)NC1CCN(C(=O)c2cccc(Cl)c2)CC1. The molecule has 1 aromatic rings. The number of nitrogens with one attached hydrogen (secondary N) is 1. The van der Waals surface area contributed by atoms with E-state index in [-0.39, 0.29) is 17.9 Å². The van der Waals surface area contributed by atoms with E-state index in [1.54, 1.807) is 24.3 Å². The van der Waals surface area contributed by atoms with Gasteiger partial charge in [-0.05, 0) is 37.0 Å². The number of halogens is 1. The molecule has 0 aliphatic carbocycles. The van der Waals surface area contributed by atoms with Crippen LogP contribution in [0.15, 0.2) is 24.3 Å². The maximum absolute atomic E-state index is 12.4. The van der Waals surface area contributed by atoms with Crippen molar-refractivity contribution in [1.29, 1.82) is 0 Å². The van der Waals surface area contributed by atoms with Gasteiger partial charge in [-0.15, -0.1) is 0 Å². The Morgan fingerprint density at radius 1 is 1.32 bits per heavy atom. The first-order valence-electron chi connectivity index (χ1n) is 7.80. The number of hydrogen-bond acceptors (Lipinski definition) is 2. The molecule has 1 fully saturated rings. The lowest BCUT2D eigenvalue weighted by Crippen LogP contribution is -2.46. The Morgan fingerprint density at radius 3 is 2.59 bits per heavy atom. The highest BCUT2D eigenvalue weighted by Gasteiger charge is 2.24. The summed E-state index contributed by atoms with van der Waals surface area (Å²) in [5.74, 6) is 0.480. The van der Waals surface area contributed by atoms with Crippen LogP contribution in [0.4, 0.5) is 0 Å². The largest absolute Gasteiger partial charge is 0.353 e. The third kappa shape index (κ3) is 4.73. The quantitative estimate of drug-likeness (QED) is 0.926. The number of carbonyl (C=O) groups is 2. The van der Waals surface area contributed by atoms with Crippen molar-refractivity contribution in [3.8, 4) is 0 Å². The third-order valence-corrected chi connectivity index (χ3v) is 4.05. The summed E-state index contributed by atoms with van der Waals surface area (Å²) >= 11 is 5.93. The van der Waals surface area contributed by atoms with E-state index in [0.29, 0.717) is 36.0 Å². The van der Waals surface area contributed by atoms with Crippen molar-refractivity contribution in [2.45, 2.75) is 39.2 Å². The fourth-order valence-electron chi connectivity index (χ4n) is 2.69. The first-order valence-corrected chi connectivity index (χ1v) is 8.17. The van der Waals surface area contributed by atoms with Crippen molar-refractivity contribution in [2.24, 2.45) is 5.92 Å². The monoisotopic (exact) mass is 322 g/mol. The molecule has 1 aliphatic rings. The van der Waals surface area contributed by atoms with Gasteiger partial charge in [0.25, 0.3) is 5.91 Å². The lowest BCUT2D eigenvalue weighted by Gasteiger charge is -2.32. The number of rotatable bonds is 4. The molecule has 0 spiro atoms. The van der Waals surface area contributed by atoms with Gasteiger partial charge < -0.3 is 10.2 Å². The Hall–Kier alpha value is -1.55. The zero-order valence-electron chi connectivity index (χ0n) is 13.1. The lowest BCUT2D eigenvalue weighted by molar-refractivity contribution is -0.122. The molecule has 1 N–H and O–H groups in total. The van der Waals surface area contributed by atoms with Crippen LogP contribution in [0.25, 0.3) is 0 Å². The van der Waals surface area contributed by atoms with Gasteiger partial charge in [0, 0.05) is 36.1 Å². The number of benzene rings is 1. The minimum Gasteiger partial charge on any atom is -0.353 e. The Balaban J connectivity index is 1.84. The highest BCUT2D eigenvalue weighted by atomic mass is 35.5. The van der Waals surface area contributed by atoms with Gasteiger partial charge in [-0.2, -0.15) is 0 Å². The standard InChI is InChI=1S/C17H23ClN2O2/c1-12(2)10-16(21)19-15-6-8-20(9-7-15)17(22)13-4-3-5-14(18)11-13/h3-5,11-12,15H,6-10H2,1-2H3,(H,19,21). The Bertz CT molecular complexity index is 537. The van der Waals surface area contributed by atoms with E-state index in [2.05, 4.69) is 5.32 Å². The summed E-state index contributed by atoms with van der Waals surface area (Å²) < 4.78 is 0. The molecule has 0 aromatic heterocycles. The van der Waals surface area contributed by atoms with Crippen LogP contribution >= 0.6 is 11.6 Å². The van der Waals surface area contributed by atoms with E-state index in [9.17, 15) is 9.59 Å². The fourth-order valence-corrected chi connectivity index (χ4v) is 2.88. The second-order valence-electron chi connectivity index (χ2n) is 6.24. The summed E-state index contributed by atoms with van der Waals surface area (Å²) in [5.41, 5.74) is 0.620. The molecule has 2 amide bonds. The van der Waals surface area contributed by atoms with Crippen molar-refractivity contribution < 1.29 is 9.59 Å². The van der Waals surface area contributed by atoms with E-state index in [1.165, 1.54) is 0 Å². The molecular weight excluding hydrogens is 300 g/mol. The van der Waals surface area contributed by atoms with Gasteiger partial charge in [0.15, 0.2) is 0 Å². The third-order valence-electron chi connectivity index (χ3n) is 3.81. The van der Waals surface area contributed by atoms with Gasteiger partial charge in [0.2, 0.25) is 5.91 Å². The van der Waals surface area contributed by atoms with Crippen LogP contribution in [-0.2, 0) is 4.79 Å². The number of hydrogen-bond donors (Lipinski definition) is 1. The molecule has 1 aliphatic heterocycles. The van der Waals surface area contributed by atoms with Crippen LogP contribution in [0.3, 0.4) is 0 Å². The summed E-state index contributed by atoms with van der Waals surface area (Å²) in [6.45, 7) is 5.40. The lowest BCUT2D eigenvalue weighted by atomic mass is 10.0. The highest BCUT2D eigenvalue weighted by molar-refractivity contribution is 6.30. The molecule has 2 rings (SSSR count). The summed E-state index contributed by atoms with van der Waals surface area (Å²) in [7, 11) is 0. The zero-order valence-corrected chi connectivity index (χ0v) is 13.9. The first-order chi connectivity index (χ1) is 10.5. The van der Waals surface area contributed by atoms with E-state index >= 15 is 0 Å². The molecule has 0 bridgehead atoms. The van der Waals surface area contributed by atoms with Crippen LogP contribution in [-0.4, -0.2) is 35.8 Å². The van der Waals surface area contributed by atoms with Crippen LogP contribution in [0.1, 0.15) is 43.5 Å². The van der Waals surface area contributed by atoms with Gasteiger partial charge in [-0.25, -0.2) is 0 Å². The molecule has 120 valence electrons. The van der Waals surface area contributed by atoms with Gasteiger partial charge in [-0.3, -0.25) is 9.59 Å². The van der Waals surface area contributed by atoms with E-state index in [4.69, 9.17) is 11.6 Å². The van der Waals surface area contributed by atoms with Crippen molar-refractivity contribution in [2.75, 3.05) is 13.1 Å². The minimum atomic E-state index is 0.00876. The number of carbonyl (C=O) groups excluding carboxylic acids is 2. The van der Waals surface area contributed by atoms with Crippen molar-refractivity contribution in [3.63, 3.8) is 0 Å². The van der Waals surface area contributed by atoms with Gasteiger partial charge in [0.1, 0.15) is 0 Å². The molecule has 1 saturated heterocycles. The summed E-state index contributed by atoms with van der Waals surface area (Å²) in [4.78, 5) is 26.0. The second kappa shape index (κ2) is 7.63. The Morgan fingerprint density at radius 2 is 2.00 bits per heavy atom. The van der Waals surface area contributed by atoms with Crippen molar-refractivity contribution >= 4 is 23.4 Å². The maximum atomic E-state index is 12.4. The zero-order chi connectivity index (χ0) is 16.1. The molecule has 0 atom stereocenters. The number of likely N-dealkylation sites (tertiary alicyclic amines) is 1. The summed E-state index contributed by atoms with van der Waals surface area (Å²) in [6, 6.07) is 7.20. The predicted molar refractivity (Wildman–Crippen MR) is 88.0 cm³/mol. The van der Waals surface area contributed by atoms with Crippen molar-refractivity contribution in [3.05, 3.63) is 34.9 Å². The van der Waals surface area contributed by atoms with Crippen LogP contribution in [0.2, 0.25) is 5.02 Å². The Kier molecular flexibility index (Phi) is 5.83. The second-order valence-corrected chi connectivity index (χ2v) is 6.68. The normalized spacial score (nSPS) is 15.9. The average Bonchev–Trinajstić information content (AvgIpc) is 2.46. The van der Waals surface area contributed by atoms with Crippen LogP contribution in [0, 0.1) is 5.92 Å². The van der Waals surface area contributed by atoms with Crippen LogP contribution in [0.5, 0.6) is 0 Å². The average molecular weight is 323 g/mol. The summed E-state index contributed by atoms with van der Waals surface area (Å²) in [5, 5.41) is 3.63. The number of amides is 2. The molecule has 5 heteroatoms. The van der Waals surface area contributed by atoms with Crippen LogP contribution < -0.4 is 5.32 Å². The molecule has 1 aromatic carbocycles. The summed E-state index contributed by atoms with van der Waals surface area (Å²) in [6.07, 6.45) is 2.16. The van der Waals surface area contributed by atoms with Gasteiger partial charge >= 0.3 is 0 Å². The molecule has 0 unspecified atom stereocenters. The minimum absolute atomic E-state index is 0.00876.